The molecule has 0 aliphatic heterocycles. The normalized spacial score (nSPS) is 19.0. The lowest BCUT2D eigenvalue weighted by Gasteiger charge is -2.23. The predicted octanol–water partition coefficient (Wildman–Crippen LogP) is 2.78. The van der Waals surface area contributed by atoms with Crippen molar-refractivity contribution in [2.75, 3.05) is 7.11 Å². The molecule has 1 aromatic rings. The monoisotopic (exact) mass is 218 g/mol. The number of aryl methyl sites for hydroxylation is 1. The highest BCUT2D eigenvalue weighted by Crippen LogP contribution is 2.29. The van der Waals surface area contributed by atoms with Gasteiger partial charge in [-0.3, -0.25) is 4.79 Å². The van der Waals surface area contributed by atoms with Crippen molar-refractivity contribution < 1.29 is 9.53 Å². The third-order valence-electron chi connectivity index (χ3n) is 3.45. The van der Waals surface area contributed by atoms with Gasteiger partial charge in [-0.25, -0.2) is 0 Å². The van der Waals surface area contributed by atoms with E-state index in [-0.39, 0.29) is 5.92 Å². The number of methoxy groups -OCH3 is 1. The van der Waals surface area contributed by atoms with Gasteiger partial charge >= 0.3 is 0 Å². The SMILES string of the molecule is CCC(=O)C1CCc2ccc(OC)cc2C1. The van der Waals surface area contributed by atoms with Gasteiger partial charge in [0.1, 0.15) is 11.5 Å². The molecule has 0 N–H and O–H groups in total. The largest absolute Gasteiger partial charge is 0.497 e. The van der Waals surface area contributed by atoms with Gasteiger partial charge in [0, 0.05) is 12.3 Å². The van der Waals surface area contributed by atoms with Crippen molar-refractivity contribution in [3.8, 4) is 5.75 Å². The Labute approximate surface area is 96.6 Å². The van der Waals surface area contributed by atoms with Crippen LogP contribution in [0.5, 0.6) is 5.75 Å². The summed E-state index contributed by atoms with van der Waals surface area (Å²) < 4.78 is 5.22. The number of Topliss-reactive ketones (excluding diaryl/α,β-unsaturated/α-hetero) is 1. The molecule has 0 spiro atoms. The fourth-order valence-electron chi connectivity index (χ4n) is 2.42. The lowest BCUT2D eigenvalue weighted by atomic mass is 9.81. The van der Waals surface area contributed by atoms with E-state index in [1.165, 1.54) is 11.1 Å². The fraction of sp³-hybridized carbons (Fsp3) is 0.500. The minimum Gasteiger partial charge on any atom is -0.497 e. The van der Waals surface area contributed by atoms with Gasteiger partial charge in [0.15, 0.2) is 0 Å². The van der Waals surface area contributed by atoms with E-state index in [2.05, 4.69) is 12.1 Å². The van der Waals surface area contributed by atoms with Gasteiger partial charge < -0.3 is 4.74 Å². The highest BCUT2D eigenvalue weighted by atomic mass is 16.5. The first-order chi connectivity index (χ1) is 7.74. The summed E-state index contributed by atoms with van der Waals surface area (Å²) in [6.45, 7) is 1.95. The van der Waals surface area contributed by atoms with E-state index < -0.39 is 0 Å². The molecule has 1 aromatic carbocycles. The summed E-state index contributed by atoms with van der Waals surface area (Å²) in [6, 6.07) is 6.20. The topological polar surface area (TPSA) is 26.3 Å². The number of benzene rings is 1. The molecule has 2 heteroatoms. The minimum absolute atomic E-state index is 0.226. The van der Waals surface area contributed by atoms with Crippen LogP contribution in [0, 0.1) is 5.92 Å². The van der Waals surface area contributed by atoms with E-state index in [0.717, 1.165) is 25.0 Å². The summed E-state index contributed by atoms with van der Waals surface area (Å²) in [6.07, 6.45) is 3.57. The molecule has 0 radical (unpaired) electrons. The van der Waals surface area contributed by atoms with Crippen LogP contribution in [0.3, 0.4) is 0 Å². The van der Waals surface area contributed by atoms with Gasteiger partial charge in [-0.2, -0.15) is 0 Å². The number of ketones is 1. The number of hydrogen-bond donors (Lipinski definition) is 0. The average Bonchev–Trinajstić information content (AvgIpc) is 2.36. The van der Waals surface area contributed by atoms with Gasteiger partial charge in [0.05, 0.1) is 7.11 Å². The van der Waals surface area contributed by atoms with Gasteiger partial charge in [-0.15, -0.1) is 0 Å². The van der Waals surface area contributed by atoms with Crippen molar-refractivity contribution in [2.24, 2.45) is 5.92 Å². The molecule has 0 fully saturated rings. The van der Waals surface area contributed by atoms with E-state index in [0.29, 0.717) is 12.2 Å². The van der Waals surface area contributed by atoms with Gasteiger partial charge in [0.2, 0.25) is 0 Å². The number of carbonyl (C=O) groups is 1. The summed E-state index contributed by atoms with van der Waals surface area (Å²) in [5.41, 5.74) is 2.67. The maximum absolute atomic E-state index is 11.7. The van der Waals surface area contributed by atoms with Gasteiger partial charge in [0.25, 0.3) is 0 Å². The molecule has 1 atom stereocenters. The van der Waals surface area contributed by atoms with Crippen molar-refractivity contribution in [2.45, 2.75) is 32.6 Å². The number of carbonyl (C=O) groups excluding carboxylic acids is 1. The van der Waals surface area contributed by atoms with Crippen molar-refractivity contribution in [3.63, 3.8) is 0 Å². The molecule has 2 nitrogen and oxygen atoms in total. The summed E-state index contributed by atoms with van der Waals surface area (Å²) in [5.74, 6) is 1.52. The molecule has 1 unspecified atom stereocenters. The first-order valence-electron chi connectivity index (χ1n) is 5.93. The van der Waals surface area contributed by atoms with E-state index in [1.807, 2.05) is 13.0 Å². The lowest BCUT2D eigenvalue weighted by Crippen LogP contribution is -2.22. The average molecular weight is 218 g/mol. The molecule has 1 aliphatic rings. The molecule has 0 amide bonds. The number of fused-ring (bicyclic) bond motifs is 1. The Morgan fingerprint density at radius 2 is 2.25 bits per heavy atom. The van der Waals surface area contributed by atoms with Crippen LogP contribution in [0.2, 0.25) is 0 Å². The van der Waals surface area contributed by atoms with Crippen LogP contribution in [-0.2, 0) is 17.6 Å². The maximum Gasteiger partial charge on any atom is 0.136 e. The van der Waals surface area contributed by atoms with Crippen LogP contribution in [0.4, 0.5) is 0 Å². The second-order valence-electron chi connectivity index (χ2n) is 4.39. The molecule has 0 aromatic heterocycles. The molecule has 0 heterocycles. The highest BCUT2D eigenvalue weighted by molar-refractivity contribution is 5.81. The second kappa shape index (κ2) is 4.69. The second-order valence-corrected chi connectivity index (χ2v) is 4.39. The molecule has 0 saturated carbocycles. The minimum atomic E-state index is 0.226. The lowest BCUT2D eigenvalue weighted by molar-refractivity contribution is -0.122. The quantitative estimate of drug-likeness (QED) is 0.779. The maximum atomic E-state index is 11.7. The third kappa shape index (κ3) is 2.11. The standard InChI is InChI=1S/C14H18O2/c1-3-14(15)11-5-4-10-6-7-13(16-2)9-12(10)8-11/h6-7,9,11H,3-5,8H2,1-2H3. The summed E-state index contributed by atoms with van der Waals surface area (Å²) in [7, 11) is 1.68. The summed E-state index contributed by atoms with van der Waals surface area (Å²) in [4.78, 5) is 11.7. The van der Waals surface area contributed by atoms with Crippen LogP contribution in [0.1, 0.15) is 30.9 Å². The van der Waals surface area contributed by atoms with E-state index in [1.54, 1.807) is 7.11 Å². The summed E-state index contributed by atoms with van der Waals surface area (Å²) >= 11 is 0. The van der Waals surface area contributed by atoms with Crippen LogP contribution >= 0.6 is 0 Å². The predicted molar refractivity (Wildman–Crippen MR) is 63.8 cm³/mol. The van der Waals surface area contributed by atoms with Crippen LogP contribution in [0.25, 0.3) is 0 Å². The molecule has 86 valence electrons. The zero-order chi connectivity index (χ0) is 11.5. The molecule has 0 bridgehead atoms. The van der Waals surface area contributed by atoms with E-state index in [9.17, 15) is 4.79 Å². The number of hydrogen-bond acceptors (Lipinski definition) is 2. The van der Waals surface area contributed by atoms with E-state index in [4.69, 9.17) is 4.74 Å². The zero-order valence-corrected chi connectivity index (χ0v) is 9.95. The zero-order valence-electron chi connectivity index (χ0n) is 9.95. The molecule has 16 heavy (non-hydrogen) atoms. The van der Waals surface area contributed by atoms with Gasteiger partial charge in [-0.05, 0) is 42.5 Å². The smallest absolute Gasteiger partial charge is 0.136 e. The first kappa shape index (κ1) is 11.2. The Morgan fingerprint density at radius 3 is 2.94 bits per heavy atom. The van der Waals surface area contributed by atoms with Gasteiger partial charge in [-0.1, -0.05) is 13.0 Å². The Hall–Kier alpha value is -1.31. The van der Waals surface area contributed by atoms with Crippen LogP contribution < -0.4 is 4.74 Å². The number of rotatable bonds is 3. The number of ether oxygens (including phenoxy) is 1. The molecular formula is C14H18O2. The Balaban J connectivity index is 2.21. The highest BCUT2D eigenvalue weighted by Gasteiger charge is 2.23. The van der Waals surface area contributed by atoms with E-state index >= 15 is 0 Å². The molecular weight excluding hydrogens is 200 g/mol. The first-order valence-corrected chi connectivity index (χ1v) is 5.93. The fourth-order valence-corrected chi connectivity index (χ4v) is 2.42. The third-order valence-corrected chi connectivity index (χ3v) is 3.45. The van der Waals surface area contributed by atoms with Crippen molar-refractivity contribution in [1.82, 2.24) is 0 Å². The molecule has 0 saturated heterocycles. The summed E-state index contributed by atoms with van der Waals surface area (Å²) in [5, 5.41) is 0. The Morgan fingerprint density at radius 1 is 1.44 bits per heavy atom. The van der Waals surface area contributed by atoms with Crippen molar-refractivity contribution in [1.29, 1.82) is 0 Å². The van der Waals surface area contributed by atoms with Crippen molar-refractivity contribution in [3.05, 3.63) is 29.3 Å². The van der Waals surface area contributed by atoms with Crippen LogP contribution in [-0.4, -0.2) is 12.9 Å². The van der Waals surface area contributed by atoms with Crippen molar-refractivity contribution >= 4 is 5.78 Å². The van der Waals surface area contributed by atoms with Crippen LogP contribution in [0.15, 0.2) is 18.2 Å². The molecule has 2 rings (SSSR count). The Bertz CT molecular complexity index is 396. The molecule has 1 aliphatic carbocycles. The Kier molecular flexibility index (Phi) is 3.28.